The van der Waals surface area contributed by atoms with Crippen molar-refractivity contribution in [1.29, 1.82) is 0 Å². The Kier molecular flexibility index (Phi) is 4.72. The van der Waals surface area contributed by atoms with Crippen molar-refractivity contribution < 1.29 is 4.79 Å². The third-order valence-corrected chi connectivity index (χ3v) is 5.35. The van der Waals surface area contributed by atoms with Gasteiger partial charge in [-0.05, 0) is 34.1 Å². The molecule has 0 fully saturated rings. The zero-order valence-electron chi connectivity index (χ0n) is 9.25. The molecule has 0 spiro atoms. The van der Waals surface area contributed by atoms with Gasteiger partial charge in [-0.15, -0.1) is 22.7 Å². The molecule has 0 radical (unpaired) electrons. The van der Waals surface area contributed by atoms with E-state index in [1.807, 2.05) is 12.1 Å². The van der Waals surface area contributed by atoms with E-state index in [4.69, 9.17) is 23.2 Å². The zero-order chi connectivity index (χ0) is 13.3. The first-order valence-electron chi connectivity index (χ1n) is 4.92. The molecule has 2 aromatic heterocycles. The Labute approximate surface area is 131 Å². The van der Waals surface area contributed by atoms with E-state index in [9.17, 15) is 4.79 Å². The molecule has 2 heterocycles. The van der Waals surface area contributed by atoms with E-state index >= 15 is 0 Å². The summed E-state index contributed by atoms with van der Waals surface area (Å²) in [7, 11) is 1.75. The molecule has 96 valence electrons. The largest absolute Gasteiger partial charge is 0.336 e. The number of hydrogen-bond acceptors (Lipinski definition) is 3. The van der Waals surface area contributed by atoms with Crippen LogP contribution in [0.4, 0.5) is 0 Å². The number of rotatable bonds is 3. The maximum atomic E-state index is 12.2. The molecule has 7 heteroatoms. The third kappa shape index (κ3) is 3.27. The van der Waals surface area contributed by atoms with Crippen LogP contribution in [0.3, 0.4) is 0 Å². The molecule has 0 saturated heterocycles. The highest BCUT2D eigenvalue weighted by molar-refractivity contribution is 9.11. The molecule has 0 aliphatic heterocycles. The van der Waals surface area contributed by atoms with Crippen molar-refractivity contribution in [2.45, 2.75) is 6.54 Å². The Bertz CT molecular complexity index is 581. The van der Waals surface area contributed by atoms with Gasteiger partial charge in [0.15, 0.2) is 0 Å². The highest BCUT2D eigenvalue weighted by Gasteiger charge is 2.18. The second kappa shape index (κ2) is 5.92. The minimum Gasteiger partial charge on any atom is -0.336 e. The van der Waals surface area contributed by atoms with Crippen LogP contribution in [0, 0.1) is 0 Å². The molecule has 0 N–H and O–H groups in total. The van der Waals surface area contributed by atoms with Crippen LogP contribution in [0.15, 0.2) is 22.0 Å². The van der Waals surface area contributed by atoms with Crippen LogP contribution in [0.5, 0.6) is 0 Å². The summed E-state index contributed by atoms with van der Waals surface area (Å²) in [6.07, 6.45) is 0. The summed E-state index contributed by atoms with van der Waals surface area (Å²) < 4.78 is 2.01. The lowest BCUT2D eigenvalue weighted by Crippen LogP contribution is -2.25. The molecule has 0 aliphatic carbocycles. The number of hydrogen-bond donors (Lipinski definition) is 0. The van der Waals surface area contributed by atoms with Crippen molar-refractivity contribution in [1.82, 2.24) is 4.90 Å². The first-order valence-corrected chi connectivity index (χ1v) is 8.10. The summed E-state index contributed by atoms with van der Waals surface area (Å²) >= 11 is 18.0. The van der Waals surface area contributed by atoms with Crippen molar-refractivity contribution in [2.24, 2.45) is 0 Å². The van der Waals surface area contributed by atoms with Gasteiger partial charge in [-0.1, -0.05) is 23.2 Å². The summed E-state index contributed by atoms with van der Waals surface area (Å²) in [6, 6.07) is 5.56. The molecule has 2 aromatic rings. The molecule has 2 nitrogen and oxygen atoms in total. The fourth-order valence-corrected chi connectivity index (χ4v) is 4.42. The Morgan fingerprint density at radius 3 is 2.61 bits per heavy atom. The van der Waals surface area contributed by atoms with Crippen LogP contribution in [0.2, 0.25) is 8.67 Å². The topological polar surface area (TPSA) is 20.3 Å². The van der Waals surface area contributed by atoms with Gasteiger partial charge in [0.05, 0.1) is 20.2 Å². The molecule has 0 saturated carbocycles. The summed E-state index contributed by atoms with van der Waals surface area (Å²) in [4.78, 5) is 14.9. The van der Waals surface area contributed by atoms with Crippen LogP contribution < -0.4 is 0 Å². The van der Waals surface area contributed by atoms with Crippen molar-refractivity contribution >= 4 is 67.7 Å². The van der Waals surface area contributed by atoms with Gasteiger partial charge in [-0.3, -0.25) is 4.79 Å². The fourth-order valence-electron chi connectivity index (χ4n) is 1.43. The predicted molar refractivity (Wildman–Crippen MR) is 82.2 cm³/mol. The zero-order valence-corrected chi connectivity index (χ0v) is 14.0. The van der Waals surface area contributed by atoms with Crippen molar-refractivity contribution in [3.05, 3.63) is 41.1 Å². The number of carbonyl (C=O) groups excluding carboxylic acids is 1. The molecule has 2 rings (SSSR count). The lowest BCUT2D eigenvalue weighted by atomic mass is 10.3. The number of amides is 1. The van der Waals surface area contributed by atoms with Crippen LogP contribution in [-0.4, -0.2) is 17.9 Å². The molecule has 0 aliphatic rings. The number of nitrogens with zero attached hydrogens (tertiary/aromatic N) is 1. The number of thiophene rings is 2. The lowest BCUT2D eigenvalue weighted by molar-refractivity contribution is 0.0787. The van der Waals surface area contributed by atoms with E-state index in [-0.39, 0.29) is 5.91 Å². The van der Waals surface area contributed by atoms with Gasteiger partial charge in [0, 0.05) is 11.9 Å². The smallest absolute Gasteiger partial charge is 0.256 e. The molecule has 1 amide bonds. The minimum atomic E-state index is -0.118. The van der Waals surface area contributed by atoms with Gasteiger partial charge in [0.1, 0.15) is 4.34 Å². The Morgan fingerprint density at radius 2 is 2.11 bits per heavy atom. The molecular formula is C11H8BrCl2NOS2. The van der Waals surface area contributed by atoms with Crippen LogP contribution in [-0.2, 0) is 6.54 Å². The molecule has 18 heavy (non-hydrogen) atoms. The van der Waals surface area contributed by atoms with Crippen molar-refractivity contribution in [2.75, 3.05) is 7.05 Å². The Morgan fingerprint density at radius 1 is 1.39 bits per heavy atom. The van der Waals surface area contributed by atoms with E-state index in [0.29, 0.717) is 20.8 Å². The van der Waals surface area contributed by atoms with Crippen molar-refractivity contribution in [3.8, 4) is 0 Å². The Balaban J connectivity index is 2.11. The predicted octanol–water partition coefficient (Wildman–Crippen LogP) is 5.15. The van der Waals surface area contributed by atoms with Crippen LogP contribution in [0.1, 0.15) is 15.2 Å². The fraction of sp³-hybridized carbons (Fsp3) is 0.182. The first kappa shape index (κ1) is 14.3. The maximum absolute atomic E-state index is 12.2. The third-order valence-electron chi connectivity index (χ3n) is 2.26. The first-order chi connectivity index (χ1) is 8.47. The van der Waals surface area contributed by atoms with Gasteiger partial charge < -0.3 is 4.90 Å². The lowest BCUT2D eigenvalue weighted by Gasteiger charge is -2.15. The quantitative estimate of drug-likeness (QED) is 0.716. The van der Waals surface area contributed by atoms with Crippen molar-refractivity contribution in [3.63, 3.8) is 0 Å². The minimum absolute atomic E-state index is 0.118. The standard InChI is InChI=1S/C11H8BrCl2NOS2/c1-15(5-6-2-3-8(12)17-6)11(16)7-4-9(13)18-10(7)14/h2-4H,5H2,1H3. The van der Waals surface area contributed by atoms with E-state index in [1.54, 1.807) is 29.4 Å². The second-order valence-corrected chi connectivity index (χ2v) is 8.44. The van der Waals surface area contributed by atoms with Crippen LogP contribution in [0.25, 0.3) is 0 Å². The highest BCUT2D eigenvalue weighted by Crippen LogP contribution is 2.32. The second-order valence-electron chi connectivity index (χ2n) is 3.60. The van der Waals surface area contributed by atoms with E-state index in [1.165, 1.54) is 11.3 Å². The molecule has 0 unspecified atom stereocenters. The average molecular weight is 385 g/mol. The number of carbonyl (C=O) groups is 1. The molecule has 0 aromatic carbocycles. The van der Waals surface area contributed by atoms with Gasteiger partial charge in [0.2, 0.25) is 0 Å². The normalized spacial score (nSPS) is 10.7. The van der Waals surface area contributed by atoms with E-state index < -0.39 is 0 Å². The summed E-state index contributed by atoms with van der Waals surface area (Å²) in [5.74, 6) is -0.118. The van der Waals surface area contributed by atoms with Crippen LogP contribution >= 0.6 is 61.8 Å². The summed E-state index contributed by atoms with van der Waals surface area (Å²) in [5.41, 5.74) is 0.463. The molecule has 0 bridgehead atoms. The van der Waals surface area contributed by atoms with E-state index in [2.05, 4.69) is 15.9 Å². The van der Waals surface area contributed by atoms with E-state index in [0.717, 1.165) is 8.66 Å². The average Bonchev–Trinajstić information content (AvgIpc) is 2.84. The SMILES string of the molecule is CN(Cc1ccc(Br)s1)C(=O)c1cc(Cl)sc1Cl. The summed E-state index contributed by atoms with van der Waals surface area (Å²) in [5, 5.41) is 0. The van der Waals surface area contributed by atoms with Gasteiger partial charge in [-0.2, -0.15) is 0 Å². The highest BCUT2D eigenvalue weighted by atomic mass is 79.9. The monoisotopic (exact) mass is 383 g/mol. The maximum Gasteiger partial charge on any atom is 0.256 e. The molecular weight excluding hydrogens is 377 g/mol. The van der Waals surface area contributed by atoms with Gasteiger partial charge >= 0.3 is 0 Å². The van der Waals surface area contributed by atoms with Gasteiger partial charge in [0.25, 0.3) is 5.91 Å². The summed E-state index contributed by atoms with van der Waals surface area (Å²) in [6.45, 7) is 0.554. The van der Waals surface area contributed by atoms with Gasteiger partial charge in [-0.25, -0.2) is 0 Å². The number of halogens is 3. The Hall–Kier alpha value is -0.0700. The molecule has 0 atom stereocenters.